The Morgan fingerprint density at radius 1 is 1.00 bits per heavy atom. The van der Waals surface area contributed by atoms with Crippen molar-refractivity contribution in [1.29, 1.82) is 0 Å². The van der Waals surface area contributed by atoms with Crippen LogP contribution in [0.25, 0.3) is 11.3 Å². The fraction of sp³-hybridized carbons (Fsp3) is 0.529. The summed E-state index contributed by atoms with van der Waals surface area (Å²) in [6.07, 6.45) is 0.314. The number of nitrogens with one attached hydrogen (secondary N) is 1. The van der Waals surface area contributed by atoms with E-state index in [4.69, 9.17) is 19.2 Å². The van der Waals surface area contributed by atoms with Crippen molar-refractivity contribution in [3.05, 3.63) is 54.0 Å². The maximum absolute atomic E-state index is 14.0. The highest BCUT2D eigenvalue weighted by atomic mass is 19.4. The van der Waals surface area contributed by atoms with Crippen LogP contribution in [0.3, 0.4) is 0 Å². The van der Waals surface area contributed by atoms with Crippen molar-refractivity contribution in [2.75, 3.05) is 44.8 Å². The molecule has 1 N–H and O–H groups in total. The molecule has 3 aromatic rings. The highest BCUT2D eigenvalue weighted by molar-refractivity contribution is 5.99. The van der Waals surface area contributed by atoms with Crippen LogP contribution in [0.15, 0.2) is 42.6 Å². The van der Waals surface area contributed by atoms with Gasteiger partial charge in [0.15, 0.2) is 17.1 Å². The van der Waals surface area contributed by atoms with E-state index in [2.05, 4.69) is 25.1 Å². The first-order chi connectivity index (χ1) is 22.6. The molecule has 1 amide bonds. The largest absolute Gasteiger partial charge is 0.488 e. The Morgan fingerprint density at radius 3 is 2.51 bits per heavy atom. The molecule has 2 aliphatic heterocycles. The summed E-state index contributed by atoms with van der Waals surface area (Å²) in [7, 11) is 2.03. The third-order valence-electron chi connectivity index (χ3n) is 8.90. The lowest BCUT2D eigenvalue weighted by atomic mass is 9.94. The van der Waals surface area contributed by atoms with Crippen LogP contribution in [-0.2, 0) is 6.18 Å². The predicted octanol–water partition coefficient (Wildman–Crippen LogP) is 5.62. The van der Waals surface area contributed by atoms with Gasteiger partial charge in [-0.1, -0.05) is 0 Å². The Morgan fingerprint density at radius 2 is 1.81 bits per heavy atom. The molecule has 0 bridgehead atoms. The van der Waals surface area contributed by atoms with Crippen LogP contribution in [0.4, 0.5) is 18.9 Å². The predicted molar refractivity (Wildman–Crippen MR) is 170 cm³/mol. The second-order valence-corrected chi connectivity index (χ2v) is 12.4. The first-order valence-corrected chi connectivity index (χ1v) is 16.4. The Balaban J connectivity index is 1.30. The van der Waals surface area contributed by atoms with Crippen molar-refractivity contribution in [2.45, 2.75) is 70.3 Å². The summed E-state index contributed by atoms with van der Waals surface area (Å²) in [6, 6.07) is 10.1. The van der Waals surface area contributed by atoms with Crippen molar-refractivity contribution in [2.24, 2.45) is 5.92 Å². The Hall–Kier alpha value is -4.13. The summed E-state index contributed by atoms with van der Waals surface area (Å²) in [5.74, 6) is 0.123. The van der Waals surface area contributed by atoms with Crippen LogP contribution in [0.5, 0.6) is 17.5 Å². The molecule has 0 spiro atoms. The first-order valence-electron chi connectivity index (χ1n) is 16.4. The molecule has 13 heteroatoms. The smallest absolute Gasteiger partial charge is 0.437 e. The number of nitrogens with zero attached hydrogens (tertiary/aromatic N) is 5. The molecule has 10 nitrogen and oxygen atoms in total. The number of carbonyl (C=O) groups is 1. The lowest BCUT2D eigenvalue weighted by Crippen LogP contribution is -2.48. The Kier molecular flexibility index (Phi) is 9.72. The molecule has 3 aromatic heterocycles. The molecule has 2 saturated heterocycles. The Labute approximate surface area is 272 Å². The number of likely N-dealkylation sites (tertiary alicyclic amines) is 1. The van der Waals surface area contributed by atoms with Gasteiger partial charge in [0.1, 0.15) is 6.10 Å². The summed E-state index contributed by atoms with van der Waals surface area (Å²) in [4.78, 5) is 31.3. The van der Waals surface area contributed by atoms with E-state index >= 15 is 0 Å². The molecule has 47 heavy (non-hydrogen) atoms. The van der Waals surface area contributed by atoms with Gasteiger partial charge in [-0.15, -0.1) is 0 Å². The van der Waals surface area contributed by atoms with E-state index in [1.165, 1.54) is 12.1 Å². The number of alkyl halides is 3. The number of likely N-dealkylation sites (N-methyl/N-ethyl adjacent to an activating group) is 1. The van der Waals surface area contributed by atoms with Gasteiger partial charge in [0.05, 0.1) is 30.2 Å². The average molecular weight is 655 g/mol. The number of pyridine rings is 3. The maximum atomic E-state index is 14.0. The van der Waals surface area contributed by atoms with Gasteiger partial charge >= 0.3 is 6.18 Å². The number of amides is 1. The van der Waals surface area contributed by atoms with E-state index in [1.54, 1.807) is 19.2 Å². The van der Waals surface area contributed by atoms with Gasteiger partial charge in [-0.25, -0.2) is 15.0 Å². The average Bonchev–Trinajstić information content (AvgIpc) is 3.82. The number of aromatic nitrogens is 3. The van der Waals surface area contributed by atoms with E-state index < -0.39 is 18.0 Å². The van der Waals surface area contributed by atoms with Crippen molar-refractivity contribution in [3.8, 4) is 28.8 Å². The summed E-state index contributed by atoms with van der Waals surface area (Å²) < 4.78 is 58.9. The second-order valence-electron chi connectivity index (χ2n) is 12.4. The molecule has 0 unspecified atom stereocenters. The van der Waals surface area contributed by atoms with Gasteiger partial charge in [-0.05, 0) is 83.0 Å². The minimum Gasteiger partial charge on any atom is -0.488 e. The summed E-state index contributed by atoms with van der Waals surface area (Å²) in [5, 5.41) is 3.19. The van der Waals surface area contributed by atoms with Crippen molar-refractivity contribution >= 4 is 11.6 Å². The van der Waals surface area contributed by atoms with Crippen LogP contribution in [-0.4, -0.2) is 83.8 Å². The van der Waals surface area contributed by atoms with Crippen LogP contribution in [0, 0.1) is 5.92 Å². The van der Waals surface area contributed by atoms with Gasteiger partial charge in [-0.3, -0.25) is 4.79 Å². The van der Waals surface area contributed by atoms with E-state index in [0.29, 0.717) is 60.4 Å². The molecule has 0 aromatic carbocycles. The van der Waals surface area contributed by atoms with E-state index in [0.717, 1.165) is 32.4 Å². The zero-order valence-electron chi connectivity index (χ0n) is 26.9. The van der Waals surface area contributed by atoms with Crippen LogP contribution >= 0.6 is 0 Å². The number of piperidine rings is 1. The first kappa shape index (κ1) is 32.8. The summed E-state index contributed by atoms with van der Waals surface area (Å²) in [5.41, 5.74) is 1.18. The molecule has 0 radical (unpaired) electrons. The topological polar surface area (TPSA) is 102 Å². The minimum atomic E-state index is -4.70. The van der Waals surface area contributed by atoms with Gasteiger partial charge in [0, 0.05) is 50.3 Å². The van der Waals surface area contributed by atoms with Gasteiger partial charge in [0.2, 0.25) is 11.8 Å². The molecular weight excluding hydrogens is 613 g/mol. The molecule has 252 valence electrons. The molecule has 1 saturated carbocycles. The number of rotatable bonds is 11. The zero-order valence-corrected chi connectivity index (χ0v) is 26.9. The number of hydrogen-bond acceptors (Lipinski definition) is 9. The fourth-order valence-electron chi connectivity index (χ4n) is 6.58. The van der Waals surface area contributed by atoms with Crippen molar-refractivity contribution in [3.63, 3.8) is 0 Å². The highest BCUT2D eigenvalue weighted by Crippen LogP contribution is 2.44. The molecule has 3 atom stereocenters. The molecule has 3 fully saturated rings. The second kappa shape index (κ2) is 13.9. The van der Waals surface area contributed by atoms with E-state index in [9.17, 15) is 18.0 Å². The molecule has 5 heterocycles. The number of carbonyl (C=O) groups excluding carboxylic acids is 1. The van der Waals surface area contributed by atoms with Gasteiger partial charge in [0.25, 0.3) is 5.91 Å². The highest BCUT2D eigenvalue weighted by Gasteiger charge is 2.43. The minimum absolute atomic E-state index is 0.00658. The number of anilines is 1. The molecule has 1 aliphatic carbocycles. The monoisotopic (exact) mass is 654 g/mol. The standard InChI is InChI=1S/C34H41F3N6O4/c1-4-45-29-13-12-28(31(41-29)34(35,36)37)47-23-15-18-43(27(19-23)21-8-9-21)26-11-10-25(24-7-6-16-38-33(24)46-5-2)40-30(26)32(44)39-22-14-17-42(3)20-22/h6-7,10-13,16,21-23,27H,4-5,8-9,14-15,17-20H2,1-3H3,(H,39,44)/t22-,23-,27+/m1/s1. The molecule has 3 aliphatic rings. The lowest BCUT2D eigenvalue weighted by molar-refractivity contribution is -0.143. The summed E-state index contributed by atoms with van der Waals surface area (Å²) in [6.45, 7) is 6.35. The fourth-order valence-corrected chi connectivity index (χ4v) is 6.58. The van der Waals surface area contributed by atoms with Crippen LogP contribution in [0.2, 0.25) is 0 Å². The molecule has 6 rings (SSSR count). The normalized spacial score (nSPS) is 21.8. The maximum Gasteiger partial charge on any atom is 0.437 e. The number of hydrogen-bond donors (Lipinski definition) is 1. The van der Waals surface area contributed by atoms with Crippen LogP contribution < -0.4 is 24.4 Å². The van der Waals surface area contributed by atoms with E-state index in [-0.39, 0.29) is 36.2 Å². The SMILES string of the molecule is CCOc1ccc(O[C@@H]2CCN(c3ccc(-c4cccnc4OCC)nc3C(=O)N[C@@H]3CCN(C)C3)[C@H](C3CC3)C2)c(C(F)(F)F)n1. The zero-order chi connectivity index (χ0) is 33.1. The lowest BCUT2D eigenvalue weighted by Gasteiger charge is -2.42. The third kappa shape index (κ3) is 7.55. The van der Waals surface area contributed by atoms with Crippen molar-refractivity contribution < 1.29 is 32.2 Å². The van der Waals surface area contributed by atoms with Gasteiger partial charge in [-0.2, -0.15) is 13.2 Å². The van der Waals surface area contributed by atoms with Crippen LogP contribution in [0.1, 0.15) is 62.1 Å². The third-order valence-corrected chi connectivity index (χ3v) is 8.90. The quantitative estimate of drug-likeness (QED) is 0.283. The summed E-state index contributed by atoms with van der Waals surface area (Å²) >= 11 is 0. The number of halogens is 3. The Bertz CT molecular complexity index is 1570. The van der Waals surface area contributed by atoms with E-state index in [1.807, 2.05) is 32.2 Å². The van der Waals surface area contributed by atoms with Crippen molar-refractivity contribution in [1.82, 2.24) is 25.2 Å². The molecular formula is C34H41F3N6O4. The number of ether oxygens (including phenoxy) is 3. The van der Waals surface area contributed by atoms with Gasteiger partial charge < -0.3 is 29.3 Å².